The second-order valence-electron chi connectivity index (χ2n) is 5.91. The monoisotopic (exact) mass is 308 g/mol. The molecule has 0 unspecified atom stereocenters. The first-order valence-electron chi connectivity index (χ1n) is 8.55. The van der Waals surface area contributed by atoms with E-state index in [2.05, 4.69) is 54.8 Å². The number of likely N-dealkylation sites (N-methyl/N-ethyl adjacent to an activating group) is 1. The van der Waals surface area contributed by atoms with E-state index in [9.17, 15) is 0 Å². The third-order valence-electron chi connectivity index (χ3n) is 3.42. The van der Waals surface area contributed by atoms with Crippen LogP contribution in [0.1, 0.15) is 46.9 Å². The molecule has 0 aliphatic heterocycles. The van der Waals surface area contributed by atoms with Crippen LogP contribution in [0.25, 0.3) is 0 Å². The maximum absolute atomic E-state index is 5.69. The molecular weight excluding hydrogens is 276 g/mol. The molecule has 126 valence electrons. The highest BCUT2D eigenvalue weighted by molar-refractivity contribution is 5.38. The molecule has 1 aromatic heterocycles. The lowest BCUT2D eigenvalue weighted by Gasteiger charge is -2.18. The van der Waals surface area contributed by atoms with Gasteiger partial charge in [-0.25, -0.2) is 4.98 Å². The van der Waals surface area contributed by atoms with Crippen molar-refractivity contribution in [3.63, 3.8) is 0 Å². The first-order chi connectivity index (χ1) is 10.6. The highest BCUT2D eigenvalue weighted by Crippen LogP contribution is 2.16. The zero-order valence-corrected chi connectivity index (χ0v) is 14.9. The number of anilines is 1. The van der Waals surface area contributed by atoms with Gasteiger partial charge in [0.25, 0.3) is 0 Å². The van der Waals surface area contributed by atoms with E-state index in [1.807, 2.05) is 6.07 Å². The Morgan fingerprint density at radius 1 is 1.18 bits per heavy atom. The Labute approximate surface area is 135 Å². The molecular formula is C17H32N4O. The summed E-state index contributed by atoms with van der Waals surface area (Å²) in [5.74, 6) is 2.93. The van der Waals surface area contributed by atoms with E-state index in [1.165, 1.54) is 0 Å². The maximum Gasteiger partial charge on any atom is 0.218 e. The highest BCUT2D eigenvalue weighted by atomic mass is 16.5. The van der Waals surface area contributed by atoms with E-state index in [0.29, 0.717) is 18.4 Å². The van der Waals surface area contributed by atoms with E-state index >= 15 is 0 Å². The molecule has 5 nitrogen and oxygen atoms in total. The van der Waals surface area contributed by atoms with Crippen molar-refractivity contribution in [3.05, 3.63) is 11.9 Å². The molecule has 0 saturated heterocycles. The molecule has 1 heterocycles. The molecule has 0 atom stereocenters. The van der Waals surface area contributed by atoms with Gasteiger partial charge in [0, 0.05) is 25.6 Å². The van der Waals surface area contributed by atoms with E-state index in [0.717, 1.165) is 50.7 Å². The molecule has 0 saturated carbocycles. The van der Waals surface area contributed by atoms with Crippen molar-refractivity contribution in [2.24, 2.45) is 5.92 Å². The summed E-state index contributed by atoms with van der Waals surface area (Å²) in [4.78, 5) is 11.5. The quantitative estimate of drug-likeness (QED) is 0.680. The Hall–Kier alpha value is -1.36. The van der Waals surface area contributed by atoms with E-state index < -0.39 is 0 Å². The number of nitrogens with zero attached hydrogens (tertiary/aromatic N) is 3. The molecule has 1 N–H and O–H groups in total. The van der Waals surface area contributed by atoms with Crippen molar-refractivity contribution in [2.75, 3.05) is 38.1 Å². The molecule has 1 aromatic rings. The summed E-state index contributed by atoms with van der Waals surface area (Å²) < 4.78 is 5.69. The van der Waals surface area contributed by atoms with Crippen molar-refractivity contribution in [1.82, 2.24) is 14.9 Å². The Morgan fingerprint density at radius 2 is 1.91 bits per heavy atom. The van der Waals surface area contributed by atoms with Crippen LogP contribution in [0.5, 0.6) is 5.88 Å². The average molecular weight is 308 g/mol. The maximum atomic E-state index is 5.69. The van der Waals surface area contributed by atoms with Crippen molar-refractivity contribution >= 4 is 5.82 Å². The minimum Gasteiger partial charge on any atom is -0.478 e. The van der Waals surface area contributed by atoms with Crippen LogP contribution >= 0.6 is 0 Å². The van der Waals surface area contributed by atoms with Gasteiger partial charge in [0.05, 0.1) is 6.61 Å². The normalized spacial score (nSPS) is 11.2. The van der Waals surface area contributed by atoms with Crippen LogP contribution in [-0.4, -0.2) is 47.7 Å². The molecule has 1 rings (SSSR count). The van der Waals surface area contributed by atoms with Crippen LogP contribution < -0.4 is 10.1 Å². The number of rotatable bonds is 11. The lowest BCUT2D eigenvalue weighted by atomic mass is 10.1. The summed E-state index contributed by atoms with van der Waals surface area (Å²) in [6, 6.07) is 1.90. The summed E-state index contributed by atoms with van der Waals surface area (Å²) >= 11 is 0. The number of nitrogens with one attached hydrogen (secondary N) is 1. The van der Waals surface area contributed by atoms with Crippen molar-refractivity contribution in [1.29, 1.82) is 0 Å². The SMILES string of the molecule is CCCOc1cc(NCCN(CC)CC)nc(CC(C)C)n1. The Kier molecular flexibility index (Phi) is 8.82. The van der Waals surface area contributed by atoms with Gasteiger partial charge in [-0.2, -0.15) is 4.98 Å². The fraction of sp³-hybridized carbons (Fsp3) is 0.765. The summed E-state index contributed by atoms with van der Waals surface area (Å²) in [6.07, 6.45) is 1.85. The highest BCUT2D eigenvalue weighted by Gasteiger charge is 2.08. The molecule has 0 bridgehead atoms. The van der Waals surface area contributed by atoms with Crippen molar-refractivity contribution in [3.8, 4) is 5.88 Å². The van der Waals surface area contributed by atoms with Gasteiger partial charge < -0.3 is 15.0 Å². The van der Waals surface area contributed by atoms with Crippen LogP contribution in [-0.2, 0) is 6.42 Å². The topological polar surface area (TPSA) is 50.3 Å². The Morgan fingerprint density at radius 3 is 2.50 bits per heavy atom. The third kappa shape index (κ3) is 7.07. The minimum absolute atomic E-state index is 0.532. The molecule has 0 aromatic carbocycles. The molecule has 0 amide bonds. The third-order valence-corrected chi connectivity index (χ3v) is 3.42. The van der Waals surface area contributed by atoms with Crippen LogP contribution in [0.2, 0.25) is 0 Å². The van der Waals surface area contributed by atoms with Gasteiger partial charge in [-0.05, 0) is 25.4 Å². The van der Waals surface area contributed by atoms with Crippen molar-refractivity contribution in [2.45, 2.75) is 47.5 Å². The van der Waals surface area contributed by atoms with Gasteiger partial charge in [-0.3, -0.25) is 0 Å². The molecule has 0 spiro atoms. The van der Waals surface area contributed by atoms with E-state index in [1.54, 1.807) is 0 Å². The van der Waals surface area contributed by atoms with Crippen molar-refractivity contribution < 1.29 is 4.74 Å². The fourth-order valence-electron chi connectivity index (χ4n) is 2.18. The molecule has 5 heteroatoms. The summed E-state index contributed by atoms with van der Waals surface area (Å²) in [6.45, 7) is 15.6. The predicted octanol–water partition coefficient (Wildman–Crippen LogP) is 3.22. The second-order valence-corrected chi connectivity index (χ2v) is 5.91. The summed E-state index contributed by atoms with van der Waals surface area (Å²) in [5, 5.41) is 3.40. The summed E-state index contributed by atoms with van der Waals surface area (Å²) in [7, 11) is 0. The molecule has 0 fully saturated rings. The largest absolute Gasteiger partial charge is 0.478 e. The first kappa shape index (κ1) is 18.7. The Balaban J connectivity index is 2.69. The predicted molar refractivity (Wildman–Crippen MR) is 92.6 cm³/mol. The fourth-order valence-corrected chi connectivity index (χ4v) is 2.18. The van der Waals surface area contributed by atoms with Gasteiger partial charge in [0.1, 0.15) is 11.6 Å². The molecule has 0 radical (unpaired) electrons. The van der Waals surface area contributed by atoms with Crippen LogP contribution in [0.3, 0.4) is 0 Å². The molecule has 0 aliphatic carbocycles. The number of ether oxygens (including phenoxy) is 1. The molecule has 22 heavy (non-hydrogen) atoms. The van der Waals surface area contributed by atoms with E-state index in [-0.39, 0.29) is 0 Å². The van der Waals surface area contributed by atoms with Crippen LogP contribution in [0, 0.1) is 5.92 Å². The lowest BCUT2D eigenvalue weighted by molar-refractivity contribution is 0.303. The van der Waals surface area contributed by atoms with Gasteiger partial charge in [-0.15, -0.1) is 0 Å². The standard InChI is InChI=1S/C17H32N4O/c1-6-11-22-17-13-15(18-9-10-21(7-2)8-3)19-16(20-17)12-14(4)5/h13-14H,6-12H2,1-5H3,(H,18,19,20). The van der Waals surface area contributed by atoms with Gasteiger partial charge in [-0.1, -0.05) is 34.6 Å². The number of hydrogen-bond acceptors (Lipinski definition) is 5. The summed E-state index contributed by atoms with van der Waals surface area (Å²) in [5.41, 5.74) is 0. The lowest BCUT2D eigenvalue weighted by Crippen LogP contribution is -2.28. The van der Waals surface area contributed by atoms with E-state index in [4.69, 9.17) is 4.74 Å². The average Bonchev–Trinajstić information content (AvgIpc) is 2.49. The molecule has 0 aliphatic rings. The number of hydrogen-bond donors (Lipinski definition) is 1. The van der Waals surface area contributed by atoms with Crippen LogP contribution in [0.15, 0.2) is 6.07 Å². The van der Waals surface area contributed by atoms with Gasteiger partial charge in [0.2, 0.25) is 5.88 Å². The minimum atomic E-state index is 0.532. The first-order valence-corrected chi connectivity index (χ1v) is 8.55. The van der Waals surface area contributed by atoms with Crippen LogP contribution in [0.4, 0.5) is 5.82 Å². The zero-order chi connectivity index (χ0) is 16.4. The zero-order valence-electron chi connectivity index (χ0n) is 14.9. The smallest absolute Gasteiger partial charge is 0.218 e. The van der Waals surface area contributed by atoms with Gasteiger partial charge in [0.15, 0.2) is 0 Å². The number of aromatic nitrogens is 2. The van der Waals surface area contributed by atoms with Gasteiger partial charge >= 0.3 is 0 Å². The Bertz CT molecular complexity index is 419. The second kappa shape index (κ2) is 10.4.